The Labute approximate surface area is 165 Å². The zero-order chi connectivity index (χ0) is 20.0. The second-order valence-electron chi connectivity index (χ2n) is 6.87. The molecule has 0 spiro atoms. The third-order valence-electron chi connectivity index (χ3n) is 5.14. The van der Waals surface area contributed by atoms with Crippen molar-refractivity contribution in [2.45, 2.75) is 12.3 Å². The van der Waals surface area contributed by atoms with Crippen LogP contribution in [-0.4, -0.2) is 16.1 Å². The maximum absolute atomic E-state index is 13.2. The average molecular weight is 385 g/mol. The molecule has 1 unspecified atom stereocenters. The Bertz CT molecular complexity index is 1300. The molecule has 5 rings (SSSR count). The molecule has 6 heteroatoms. The van der Waals surface area contributed by atoms with E-state index < -0.39 is 11.9 Å². The standard InChI is InChI=1S/C23H15NO5/c25-17-10-18-20(15(9-19(26)29-18)14-7-4-8-24-11-14)23-21(17)22(27)16(12-28-23)13-5-2-1-3-6-13/h1-8,10-12,15,25H,9H2. The number of fused-ring (bicyclic) bond motifs is 3. The predicted molar refractivity (Wildman–Crippen MR) is 106 cm³/mol. The van der Waals surface area contributed by atoms with E-state index in [0.717, 1.165) is 5.56 Å². The van der Waals surface area contributed by atoms with Crippen LogP contribution in [0.1, 0.15) is 23.5 Å². The van der Waals surface area contributed by atoms with Crippen molar-refractivity contribution in [3.05, 3.63) is 88.5 Å². The van der Waals surface area contributed by atoms with Crippen LogP contribution in [0.15, 0.2) is 76.4 Å². The Kier molecular flexibility index (Phi) is 3.91. The molecule has 2 aromatic heterocycles. The lowest BCUT2D eigenvalue weighted by Gasteiger charge is -2.25. The Morgan fingerprint density at radius 1 is 1.07 bits per heavy atom. The minimum absolute atomic E-state index is 0.0666. The van der Waals surface area contributed by atoms with Crippen LogP contribution in [0.5, 0.6) is 11.5 Å². The molecule has 142 valence electrons. The second kappa shape index (κ2) is 6.60. The quantitative estimate of drug-likeness (QED) is 0.414. The summed E-state index contributed by atoms with van der Waals surface area (Å²) in [6, 6.07) is 14.0. The van der Waals surface area contributed by atoms with E-state index in [1.165, 1.54) is 12.3 Å². The first-order chi connectivity index (χ1) is 14.1. The summed E-state index contributed by atoms with van der Waals surface area (Å²) in [7, 11) is 0. The molecule has 0 bridgehead atoms. The molecule has 1 atom stereocenters. The van der Waals surface area contributed by atoms with E-state index >= 15 is 0 Å². The maximum Gasteiger partial charge on any atom is 0.312 e. The third kappa shape index (κ3) is 2.77. The monoisotopic (exact) mass is 385 g/mol. The van der Waals surface area contributed by atoms with Gasteiger partial charge in [-0.25, -0.2) is 0 Å². The summed E-state index contributed by atoms with van der Waals surface area (Å²) in [5.41, 5.74) is 2.26. The van der Waals surface area contributed by atoms with Gasteiger partial charge in [0.25, 0.3) is 0 Å². The number of rotatable bonds is 2. The number of nitrogens with zero attached hydrogens (tertiary/aromatic N) is 1. The first-order valence-electron chi connectivity index (χ1n) is 9.11. The predicted octanol–water partition coefficient (Wildman–Crippen LogP) is 4.00. The fourth-order valence-corrected chi connectivity index (χ4v) is 3.82. The highest BCUT2D eigenvalue weighted by Gasteiger charge is 2.33. The number of hydrogen-bond donors (Lipinski definition) is 1. The van der Waals surface area contributed by atoms with Crippen LogP contribution in [0.3, 0.4) is 0 Å². The molecule has 2 aromatic carbocycles. The van der Waals surface area contributed by atoms with Crippen molar-refractivity contribution >= 4 is 16.9 Å². The molecule has 1 N–H and O–H groups in total. The minimum atomic E-state index is -0.423. The Hall–Kier alpha value is -3.93. The third-order valence-corrected chi connectivity index (χ3v) is 5.14. The lowest BCUT2D eigenvalue weighted by molar-refractivity contribution is -0.135. The molecule has 1 aliphatic rings. The number of carbonyl (C=O) groups excluding carboxylic acids is 1. The molecule has 3 heterocycles. The van der Waals surface area contributed by atoms with Gasteiger partial charge in [0.2, 0.25) is 5.43 Å². The number of carbonyl (C=O) groups is 1. The Morgan fingerprint density at radius 3 is 2.66 bits per heavy atom. The smallest absolute Gasteiger partial charge is 0.312 e. The summed E-state index contributed by atoms with van der Waals surface area (Å²) in [4.78, 5) is 29.5. The van der Waals surface area contributed by atoms with E-state index in [1.807, 2.05) is 24.3 Å². The lowest BCUT2D eigenvalue weighted by atomic mass is 9.85. The summed E-state index contributed by atoms with van der Waals surface area (Å²) in [6.07, 6.45) is 4.79. The highest BCUT2D eigenvalue weighted by Crippen LogP contribution is 2.45. The number of esters is 1. The molecule has 6 nitrogen and oxygen atoms in total. The maximum atomic E-state index is 13.2. The number of aromatic hydroxyl groups is 1. The molecule has 0 radical (unpaired) electrons. The zero-order valence-corrected chi connectivity index (χ0v) is 15.2. The van der Waals surface area contributed by atoms with Gasteiger partial charge in [-0.15, -0.1) is 0 Å². The summed E-state index contributed by atoms with van der Waals surface area (Å²) < 4.78 is 11.2. The Morgan fingerprint density at radius 2 is 1.90 bits per heavy atom. The van der Waals surface area contributed by atoms with Gasteiger partial charge < -0.3 is 14.3 Å². The van der Waals surface area contributed by atoms with Crippen LogP contribution in [0.4, 0.5) is 0 Å². The normalized spacial score (nSPS) is 15.7. The number of aromatic nitrogens is 1. The van der Waals surface area contributed by atoms with Crippen molar-refractivity contribution < 1.29 is 19.1 Å². The van der Waals surface area contributed by atoms with E-state index in [9.17, 15) is 14.7 Å². The number of hydrogen-bond acceptors (Lipinski definition) is 6. The van der Waals surface area contributed by atoms with Crippen molar-refractivity contribution in [2.75, 3.05) is 0 Å². The number of pyridine rings is 1. The molecule has 0 saturated carbocycles. The number of phenols is 1. The van der Waals surface area contributed by atoms with Crippen LogP contribution in [0, 0.1) is 0 Å². The van der Waals surface area contributed by atoms with E-state index in [4.69, 9.17) is 9.15 Å². The summed E-state index contributed by atoms with van der Waals surface area (Å²) in [6.45, 7) is 0. The van der Waals surface area contributed by atoms with Crippen molar-refractivity contribution in [3.63, 3.8) is 0 Å². The van der Waals surface area contributed by atoms with Crippen LogP contribution in [0.25, 0.3) is 22.1 Å². The first-order valence-corrected chi connectivity index (χ1v) is 9.11. The van der Waals surface area contributed by atoms with Crippen molar-refractivity contribution in [3.8, 4) is 22.6 Å². The molecule has 29 heavy (non-hydrogen) atoms. The van der Waals surface area contributed by atoms with Crippen LogP contribution in [0.2, 0.25) is 0 Å². The highest BCUT2D eigenvalue weighted by molar-refractivity contribution is 5.94. The number of ether oxygens (including phenoxy) is 1. The average Bonchev–Trinajstić information content (AvgIpc) is 2.74. The van der Waals surface area contributed by atoms with Gasteiger partial charge >= 0.3 is 5.97 Å². The summed E-state index contributed by atoms with van der Waals surface area (Å²) in [5.74, 6) is -0.914. The van der Waals surface area contributed by atoms with E-state index in [1.54, 1.807) is 30.6 Å². The molecular formula is C23H15NO5. The van der Waals surface area contributed by atoms with Gasteiger partial charge in [0.15, 0.2) is 0 Å². The molecule has 0 aliphatic carbocycles. The summed E-state index contributed by atoms with van der Waals surface area (Å²) >= 11 is 0. The summed E-state index contributed by atoms with van der Waals surface area (Å²) in [5, 5.41) is 10.6. The SMILES string of the molecule is O=C1CC(c2cccnc2)c2c(cc(O)c3c(=O)c(-c4ccccc4)coc23)O1. The van der Waals surface area contributed by atoms with Gasteiger partial charge in [-0.05, 0) is 17.2 Å². The van der Waals surface area contributed by atoms with E-state index in [-0.39, 0.29) is 34.3 Å². The van der Waals surface area contributed by atoms with Crippen LogP contribution >= 0.6 is 0 Å². The van der Waals surface area contributed by atoms with Gasteiger partial charge in [0.05, 0.1) is 12.0 Å². The van der Waals surface area contributed by atoms with Crippen LogP contribution in [-0.2, 0) is 4.79 Å². The molecule has 0 fully saturated rings. The molecule has 0 saturated heterocycles. The van der Waals surface area contributed by atoms with E-state index in [2.05, 4.69) is 4.98 Å². The van der Waals surface area contributed by atoms with Crippen molar-refractivity contribution in [2.24, 2.45) is 0 Å². The topological polar surface area (TPSA) is 89.6 Å². The molecular weight excluding hydrogens is 370 g/mol. The number of benzene rings is 2. The highest BCUT2D eigenvalue weighted by atomic mass is 16.5. The van der Waals surface area contributed by atoms with Crippen molar-refractivity contribution in [1.29, 1.82) is 0 Å². The molecule has 4 aromatic rings. The molecule has 1 aliphatic heterocycles. The van der Waals surface area contributed by atoms with Gasteiger partial charge in [0.1, 0.15) is 28.7 Å². The fourth-order valence-electron chi connectivity index (χ4n) is 3.82. The largest absolute Gasteiger partial charge is 0.507 e. The lowest BCUT2D eigenvalue weighted by Crippen LogP contribution is -2.22. The first kappa shape index (κ1) is 17.2. The van der Waals surface area contributed by atoms with Gasteiger partial charge in [-0.2, -0.15) is 0 Å². The van der Waals surface area contributed by atoms with Crippen molar-refractivity contribution in [1.82, 2.24) is 4.98 Å². The van der Waals surface area contributed by atoms with Gasteiger partial charge in [-0.3, -0.25) is 14.6 Å². The van der Waals surface area contributed by atoms with Gasteiger partial charge in [0, 0.05) is 29.9 Å². The number of phenolic OH excluding ortho intramolecular Hbond substituents is 1. The van der Waals surface area contributed by atoms with Gasteiger partial charge in [-0.1, -0.05) is 36.4 Å². The zero-order valence-electron chi connectivity index (χ0n) is 15.2. The fraction of sp³-hybridized carbons (Fsp3) is 0.0870. The second-order valence-corrected chi connectivity index (χ2v) is 6.87. The van der Waals surface area contributed by atoms with E-state index in [0.29, 0.717) is 16.7 Å². The van der Waals surface area contributed by atoms with Crippen LogP contribution < -0.4 is 10.2 Å². The Balaban J connectivity index is 1.81. The minimum Gasteiger partial charge on any atom is -0.507 e. The molecule has 0 amide bonds.